The molecule has 3 rings (SSSR count). The molecule has 0 saturated carbocycles. The van der Waals surface area contributed by atoms with E-state index in [1.165, 1.54) is 0 Å². The highest BCUT2D eigenvalue weighted by Gasteiger charge is 2.34. The SMILES string of the molecule is Cn1ccc(COc2cc3ncc(I)n3cc2S(=O)(=O)C(C)(C)C)n1. The molecular formula is C16H19IN4O3S. The highest BCUT2D eigenvalue weighted by atomic mass is 127. The fraction of sp³-hybridized carbons (Fsp3) is 0.375. The zero-order valence-corrected chi connectivity index (χ0v) is 17.4. The van der Waals surface area contributed by atoms with E-state index in [1.807, 2.05) is 19.3 Å². The summed E-state index contributed by atoms with van der Waals surface area (Å²) < 4.78 is 35.2. The Morgan fingerprint density at radius 2 is 2.04 bits per heavy atom. The molecule has 0 amide bonds. The number of ether oxygens (including phenoxy) is 1. The topological polar surface area (TPSA) is 78.5 Å². The molecule has 0 unspecified atom stereocenters. The van der Waals surface area contributed by atoms with Crippen LogP contribution in [0, 0.1) is 3.70 Å². The van der Waals surface area contributed by atoms with Crippen LogP contribution in [0.4, 0.5) is 0 Å². The van der Waals surface area contributed by atoms with Crippen LogP contribution >= 0.6 is 22.6 Å². The molecule has 0 bridgehead atoms. The van der Waals surface area contributed by atoms with Gasteiger partial charge >= 0.3 is 0 Å². The summed E-state index contributed by atoms with van der Waals surface area (Å²) in [5.74, 6) is 0.287. The number of hydrogen-bond donors (Lipinski definition) is 0. The summed E-state index contributed by atoms with van der Waals surface area (Å²) in [6.07, 6.45) is 5.08. The van der Waals surface area contributed by atoms with Gasteiger partial charge in [0.05, 0.1) is 16.6 Å². The predicted octanol–water partition coefficient (Wildman–Crippen LogP) is 2.82. The van der Waals surface area contributed by atoms with Crippen LogP contribution in [0.5, 0.6) is 5.75 Å². The highest BCUT2D eigenvalue weighted by molar-refractivity contribution is 14.1. The molecule has 0 aromatic carbocycles. The number of rotatable bonds is 4. The van der Waals surface area contributed by atoms with Crippen molar-refractivity contribution in [1.29, 1.82) is 0 Å². The second kappa shape index (κ2) is 6.27. The van der Waals surface area contributed by atoms with E-state index in [2.05, 4.69) is 32.7 Å². The molecule has 0 spiro atoms. The molecule has 3 heterocycles. The Bertz CT molecular complexity index is 1030. The molecule has 0 fully saturated rings. The van der Waals surface area contributed by atoms with Crippen molar-refractivity contribution in [2.45, 2.75) is 37.0 Å². The number of nitrogens with zero attached hydrogens (tertiary/aromatic N) is 4. The number of hydrogen-bond acceptors (Lipinski definition) is 5. The molecule has 0 aliphatic heterocycles. The second-order valence-corrected chi connectivity index (χ2v) is 10.5. The Morgan fingerprint density at radius 3 is 2.64 bits per heavy atom. The number of aromatic nitrogens is 4. The van der Waals surface area contributed by atoms with Gasteiger partial charge in [-0.2, -0.15) is 5.10 Å². The molecule has 0 radical (unpaired) electrons. The van der Waals surface area contributed by atoms with Gasteiger partial charge in [0.2, 0.25) is 0 Å². The van der Waals surface area contributed by atoms with E-state index in [0.29, 0.717) is 5.65 Å². The Balaban J connectivity index is 2.10. The first-order chi connectivity index (χ1) is 11.6. The van der Waals surface area contributed by atoms with Crippen LogP contribution in [0.15, 0.2) is 35.6 Å². The fourth-order valence-electron chi connectivity index (χ4n) is 2.29. The third kappa shape index (κ3) is 3.39. The van der Waals surface area contributed by atoms with Crippen molar-refractivity contribution in [3.63, 3.8) is 0 Å². The van der Waals surface area contributed by atoms with Crippen LogP contribution in [-0.2, 0) is 23.5 Å². The molecule has 0 aliphatic rings. The molecule has 0 aliphatic carbocycles. The van der Waals surface area contributed by atoms with Crippen molar-refractivity contribution < 1.29 is 13.2 Å². The van der Waals surface area contributed by atoms with Gasteiger partial charge in [-0.05, 0) is 49.4 Å². The van der Waals surface area contributed by atoms with Gasteiger partial charge in [-0.15, -0.1) is 0 Å². The van der Waals surface area contributed by atoms with Crippen molar-refractivity contribution in [1.82, 2.24) is 19.2 Å². The first kappa shape index (κ1) is 18.2. The van der Waals surface area contributed by atoms with Crippen LogP contribution in [-0.4, -0.2) is 32.3 Å². The number of halogens is 1. The van der Waals surface area contributed by atoms with Gasteiger partial charge < -0.3 is 4.74 Å². The van der Waals surface area contributed by atoms with Crippen molar-refractivity contribution >= 4 is 38.1 Å². The van der Waals surface area contributed by atoms with Gasteiger partial charge in [0.1, 0.15) is 26.6 Å². The summed E-state index contributed by atoms with van der Waals surface area (Å²) in [5, 5.41) is 4.25. The highest BCUT2D eigenvalue weighted by Crippen LogP contribution is 2.33. The minimum atomic E-state index is -3.59. The molecule has 9 heteroatoms. The van der Waals surface area contributed by atoms with Gasteiger partial charge in [-0.3, -0.25) is 9.08 Å². The summed E-state index contributed by atoms with van der Waals surface area (Å²) in [6, 6.07) is 3.48. The number of fused-ring (bicyclic) bond motifs is 1. The third-order valence-corrected chi connectivity index (χ3v) is 7.07. The van der Waals surface area contributed by atoms with E-state index >= 15 is 0 Å². The zero-order chi connectivity index (χ0) is 18.4. The number of pyridine rings is 1. The van der Waals surface area contributed by atoms with E-state index in [-0.39, 0.29) is 17.3 Å². The van der Waals surface area contributed by atoms with Gasteiger partial charge in [-0.25, -0.2) is 13.4 Å². The third-order valence-electron chi connectivity index (χ3n) is 3.77. The predicted molar refractivity (Wildman–Crippen MR) is 102 cm³/mol. The average molecular weight is 474 g/mol. The van der Waals surface area contributed by atoms with Crippen LogP contribution in [0.3, 0.4) is 0 Å². The maximum Gasteiger partial charge on any atom is 0.188 e. The maximum absolute atomic E-state index is 13.0. The molecule has 3 aromatic heterocycles. The molecule has 134 valence electrons. The maximum atomic E-state index is 13.0. The van der Waals surface area contributed by atoms with E-state index in [9.17, 15) is 8.42 Å². The minimum Gasteiger partial charge on any atom is -0.486 e. The summed E-state index contributed by atoms with van der Waals surface area (Å²) in [4.78, 5) is 4.44. The molecule has 0 saturated heterocycles. The number of imidazole rings is 1. The van der Waals surface area contributed by atoms with Crippen LogP contribution in [0.25, 0.3) is 5.65 Å². The van der Waals surface area contributed by atoms with Gasteiger partial charge in [0.15, 0.2) is 9.84 Å². The standard InChI is InChI=1S/C16H19IN4O3S/c1-16(2,3)25(22,23)13-9-21-14(17)8-18-15(21)7-12(13)24-10-11-5-6-20(4)19-11/h5-9H,10H2,1-4H3. The largest absolute Gasteiger partial charge is 0.486 e. The van der Waals surface area contributed by atoms with Gasteiger partial charge in [0.25, 0.3) is 0 Å². The Labute approximate surface area is 160 Å². The fourth-order valence-corrected chi connectivity index (χ4v) is 4.11. The van der Waals surface area contributed by atoms with Crippen LogP contribution in [0.1, 0.15) is 26.5 Å². The summed E-state index contributed by atoms with van der Waals surface area (Å²) in [7, 11) is -1.78. The quantitative estimate of drug-likeness (QED) is 0.544. The number of aryl methyl sites for hydroxylation is 1. The molecule has 3 aromatic rings. The summed E-state index contributed by atoms with van der Waals surface area (Å²) >= 11 is 2.12. The van der Waals surface area contributed by atoms with E-state index in [1.54, 1.807) is 48.3 Å². The van der Waals surface area contributed by atoms with Crippen molar-refractivity contribution in [3.05, 3.63) is 40.1 Å². The average Bonchev–Trinajstić information content (AvgIpc) is 3.09. The number of sulfone groups is 1. The molecule has 7 nitrogen and oxygen atoms in total. The van der Waals surface area contributed by atoms with Crippen LogP contribution < -0.4 is 4.74 Å². The van der Waals surface area contributed by atoms with E-state index in [4.69, 9.17) is 4.74 Å². The lowest BCUT2D eigenvalue weighted by atomic mass is 10.3. The van der Waals surface area contributed by atoms with Crippen molar-refractivity contribution in [2.75, 3.05) is 0 Å². The zero-order valence-electron chi connectivity index (χ0n) is 14.4. The lowest BCUT2D eigenvalue weighted by Crippen LogP contribution is -2.28. The Kier molecular flexibility index (Phi) is 4.56. The van der Waals surface area contributed by atoms with Gasteiger partial charge in [0, 0.05) is 25.5 Å². The van der Waals surface area contributed by atoms with Crippen molar-refractivity contribution in [3.8, 4) is 5.75 Å². The lowest BCUT2D eigenvalue weighted by molar-refractivity contribution is 0.291. The molecule has 0 N–H and O–H groups in total. The lowest BCUT2D eigenvalue weighted by Gasteiger charge is -2.21. The normalized spacial score (nSPS) is 12.7. The summed E-state index contributed by atoms with van der Waals surface area (Å²) in [6.45, 7) is 5.21. The molecule has 25 heavy (non-hydrogen) atoms. The van der Waals surface area contributed by atoms with Crippen molar-refractivity contribution in [2.24, 2.45) is 7.05 Å². The second-order valence-electron chi connectivity index (χ2n) is 6.70. The van der Waals surface area contributed by atoms with E-state index in [0.717, 1.165) is 9.39 Å². The molecular weight excluding hydrogens is 455 g/mol. The van der Waals surface area contributed by atoms with Gasteiger partial charge in [-0.1, -0.05) is 0 Å². The Morgan fingerprint density at radius 1 is 1.32 bits per heavy atom. The first-order valence-corrected chi connectivity index (χ1v) is 10.2. The molecule has 0 atom stereocenters. The Hall–Kier alpha value is -1.62. The first-order valence-electron chi connectivity index (χ1n) is 7.62. The van der Waals surface area contributed by atoms with E-state index < -0.39 is 14.6 Å². The smallest absolute Gasteiger partial charge is 0.188 e. The monoisotopic (exact) mass is 474 g/mol. The summed E-state index contributed by atoms with van der Waals surface area (Å²) in [5.41, 5.74) is 1.35. The minimum absolute atomic E-state index is 0.152. The van der Waals surface area contributed by atoms with Crippen LogP contribution in [0.2, 0.25) is 0 Å².